The molecule has 0 aliphatic carbocycles. The Balaban J connectivity index is 2.58. The van der Waals surface area contributed by atoms with Crippen LogP contribution < -0.4 is 0 Å². The largest absolute Gasteiger partial charge is 0.508 e. The number of rotatable bonds is 1. The van der Waals surface area contributed by atoms with Crippen molar-refractivity contribution in [3.8, 4) is 22.6 Å². The van der Waals surface area contributed by atoms with Gasteiger partial charge in [-0.3, -0.25) is 0 Å². The van der Waals surface area contributed by atoms with Crippen molar-refractivity contribution in [2.45, 2.75) is 0 Å². The third-order valence-electron chi connectivity index (χ3n) is 2.15. The van der Waals surface area contributed by atoms with Gasteiger partial charge < -0.3 is 10.2 Å². The van der Waals surface area contributed by atoms with E-state index in [2.05, 4.69) is 31.9 Å². The van der Waals surface area contributed by atoms with Gasteiger partial charge in [-0.25, -0.2) is 0 Å². The Morgan fingerprint density at radius 3 is 2.19 bits per heavy atom. The fraction of sp³-hybridized carbons (Fsp3) is 0. The van der Waals surface area contributed by atoms with Gasteiger partial charge in [0.1, 0.15) is 11.5 Å². The van der Waals surface area contributed by atoms with E-state index in [4.69, 9.17) is 0 Å². The summed E-state index contributed by atoms with van der Waals surface area (Å²) in [5.74, 6) is 0.332. The van der Waals surface area contributed by atoms with Gasteiger partial charge in [-0.2, -0.15) is 0 Å². The molecule has 0 radical (unpaired) electrons. The Morgan fingerprint density at radius 1 is 0.812 bits per heavy atom. The number of hydrogen-bond acceptors (Lipinski definition) is 2. The van der Waals surface area contributed by atoms with E-state index in [0.29, 0.717) is 5.56 Å². The van der Waals surface area contributed by atoms with Crippen molar-refractivity contribution >= 4 is 31.9 Å². The molecule has 0 saturated carbocycles. The first-order chi connectivity index (χ1) is 7.56. The second-order valence-electron chi connectivity index (χ2n) is 3.36. The van der Waals surface area contributed by atoms with Crippen LogP contribution in [0.5, 0.6) is 11.5 Å². The number of benzene rings is 2. The van der Waals surface area contributed by atoms with Crippen molar-refractivity contribution in [2.75, 3.05) is 0 Å². The summed E-state index contributed by atoms with van der Waals surface area (Å²) in [5.41, 5.74) is 1.44. The molecule has 16 heavy (non-hydrogen) atoms. The van der Waals surface area contributed by atoms with Gasteiger partial charge in [0.25, 0.3) is 0 Å². The summed E-state index contributed by atoms with van der Waals surface area (Å²) in [5, 5.41) is 19.3. The van der Waals surface area contributed by atoms with Gasteiger partial charge in [-0.1, -0.05) is 31.9 Å². The molecule has 2 N–H and O–H groups in total. The predicted octanol–water partition coefficient (Wildman–Crippen LogP) is 4.29. The zero-order valence-corrected chi connectivity index (χ0v) is 11.3. The van der Waals surface area contributed by atoms with Gasteiger partial charge in [0, 0.05) is 14.5 Å². The SMILES string of the molecule is Oc1cc(Br)cc(-c2ccc(Br)cc2O)c1. The third-order valence-corrected chi connectivity index (χ3v) is 3.10. The summed E-state index contributed by atoms with van der Waals surface area (Å²) in [7, 11) is 0. The van der Waals surface area contributed by atoms with Crippen molar-refractivity contribution in [3.63, 3.8) is 0 Å². The Morgan fingerprint density at radius 2 is 1.56 bits per heavy atom. The lowest BCUT2D eigenvalue weighted by molar-refractivity contribution is 0.474. The van der Waals surface area contributed by atoms with Crippen LogP contribution in [-0.4, -0.2) is 10.2 Å². The lowest BCUT2D eigenvalue weighted by Crippen LogP contribution is -1.80. The molecule has 2 aromatic rings. The molecule has 0 aromatic heterocycles. The number of hydrogen-bond donors (Lipinski definition) is 2. The number of phenolic OH excluding ortho intramolecular Hbond substituents is 2. The second kappa shape index (κ2) is 4.47. The highest BCUT2D eigenvalue weighted by atomic mass is 79.9. The van der Waals surface area contributed by atoms with E-state index in [0.717, 1.165) is 14.5 Å². The quantitative estimate of drug-likeness (QED) is 0.810. The Labute approximate surface area is 110 Å². The lowest BCUT2D eigenvalue weighted by atomic mass is 10.0. The molecular weight excluding hydrogens is 336 g/mol. The van der Waals surface area contributed by atoms with Crippen LogP contribution in [0.4, 0.5) is 0 Å². The van der Waals surface area contributed by atoms with Crippen LogP contribution in [0.1, 0.15) is 0 Å². The summed E-state index contributed by atoms with van der Waals surface area (Å²) >= 11 is 6.58. The van der Waals surface area contributed by atoms with E-state index < -0.39 is 0 Å². The standard InChI is InChI=1S/C12H8Br2O2/c13-8-1-2-11(12(16)6-8)7-3-9(14)5-10(15)4-7/h1-6,15-16H. The van der Waals surface area contributed by atoms with Gasteiger partial charge in [0.2, 0.25) is 0 Å². The zero-order valence-electron chi connectivity index (χ0n) is 8.11. The molecule has 2 aromatic carbocycles. The molecule has 0 unspecified atom stereocenters. The fourth-order valence-electron chi connectivity index (χ4n) is 1.48. The average molecular weight is 344 g/mol. The summed E-state index contributed by atoms with van der Waals surface area (Å²) in [6.07, 6.45) is 0. The third kappa shape index (κ3) is 2.39. The summed E-state index contributed by atoms with van der Waals surface area (Å²) < 4.78 is 1.58. The number of phenols is 2. The zero-order chi connectivity index (χ0) is 11.7. The molecule has 4 heteroatoms. The highest BCUT2D eigenvalue weighted by molar-refractivity contribution is 9.10. The van der Waals surface area contributed by atoms with E-state index in [1.54, 1.807) is 24.3 Å². The minimum Gasteiger partial charge on any atom is -0.508 e. The van der Waals surface area contributed by atoms with Crippen LogP contribution >= 0.6 is 31.9 Å². The fourth-order valence-corrected chi connectivity index (χ4v) is 2.31. The van der Waals surface area contributed by atoms with Crippen LogP contribution in [0.2, 0.25) is 0 Å². The van der Waals surface area contributed by atoms with E-state index in [-0.39, 0.29) is 11.5 Å². The van der Waals surface area contributed by atoms with Gasteiger partial charge in [0.15, 0.2) is 0 Å². The molecule has 0 aliphatic rings. The van der Waals surface area contributed by atoms with Gasteiger partial charge in [-0.05, 0) is 42.0 Å². The summed E-state index contributed by atoms with van der Waals surface area (Å²) in [6, 6.07) is 10.3. The molecule has 0 saturated heterocycles. The molecule has 0 amide bonds. The Kier molecular flexibility index (Phi) is 3.21. The summed E-state index contributed by atoms with van der Waals surface area (Å²) in [4.78, 5) is 0. The molecule has 2 rings (SSSR count). The maximum absolute atomic E-state index is 9.80. The highest BCUT2D eigenvalue weighted by Crippen LogP contribution is 2.34. The smallest absolute Gasteiger partial charge is 0.124 e. The normalized spacial score (nSPS) is 10.4. The van der Waals surface area contributed by atoms with E-state index in [1.807, 2.05) is 12.1 Å². The average Bonchev–Trinajstić information content (AvgIpc) is 2.15. The maximum atomic E-state index is 9.80. The molecule has 0 heterocycles. The minimum atomic E-state index is 0.159. The first-order valence-corrected chi connectivity index (χ1v) is 6.13. The van der Waals surface area contributed by atoms with E-state index >= 15 is 0 Å². The van der Waals surface area contributed by atoms with Gasteiger partial charge in [0.05, 0.1) is 0 Å². The molecule has 2 nitrogen and oxygen atoms in total. The Bertz CT molecular complexity index is 518. The maximum Gasteiger partial charge on any atom is 0.124 e. The second-order valence-corrected chi connectivity index (χ2v) is 5.19. The topological polar surface area (TPSA) is 40.5 Å². The van der Waals surface area contributed by atoms with Crippen LogP contribution in [0, 0.1) is 0 Å². The minimum absolute atomic E-state index is 0.159. The van der Waals surface area contributed by atoms with Crippen LogP contribution in [0.15, 0.2) is 45.3 Å². The molecule has 82 valence electrons. The van der Waals surface area contributed by atoms with Crippen molar-refractivity contribution in [3.05, 3.63) is 45.3 Å². The monoisotopic (exact) mass is 342 g/mol. The number of aromatic hydroxyl groups is 2. The van der Waals surface area contributed by atoms with Crippen molar-refractivity contribution in [1.29, 1.82) is 0 Å². The lowest BCUT2D eigenvalue weighted by Gasteiger charge is -2.06. The van der Waals surface area contributed by atoms with E-state index in [1.165, 1.54) is 0 Å². The molecule has 0 atom stereocenters. The van der Waals surface area contributed by atoms with E-state index in [9.17, 15) is 10.2 Å². The Hall–Kier alpha value is -1.00. The first kappa shape index (κ1) is 11.5. The van der Waals surface area contributed by atoms with Crippen LogP contribution in [0.3, 0.4) is 0 Å². The molecule has 0 bridgehead atoms. The predicted molar refractivity (Wildman–Crippen MR) is 70.6 cm³/mol. The molecule has 0 fully saturated rings. The number of halogens is 2. The summed E-state index contributed by atoms with van der Waals surface area (Å²) in [6.45, 7) is 0. The van der Waals surface area contributed by atoms with Crippen molar-refractivity contribution in [1.82, 2.24) is 0 Å². The van der Waals surface area contributed by atoms with Crippen molar-refractivity contribution in [2.24, 2.45) is 0 Å². The van der Waals surface area contributed by atoms with Crippen LogP contribution in [0.25, 0.3) is 11.1 Å². The molecule has 0 aliphatic heterocycles. The molecular formula is C12H8Br2O2. The van der Waals surface area contributed by atoms with Crippen LogP contribution in [-0.2, 0) is 0 Å². The van der Waals surface area contributed by atoms with Gasteiger partial charge >= 0.3 is 0 Å². The van der Waals surface area contributed by atoms with Crippen molar-refractivity contribution < 1.29 is 10.2 Å². The molecule has 0 spiro atoms. The first-order valence-electron chi connectivity index (χ1n) is 4.55. The van der Waals surface area contributed by atoms with Gasteiger partial charge in [-0.15, -0.1) is 0 Å². The highest BCUT2D eigenvalue weighted by Gasteiger charge is 2.06.